The van der Waals surface area contributed by atoms with E-state index in [0.717, 1.165) is 17.5 Å². The highest BCUT2D eigenvalue weighted by molar-refractivity contribution is 7.22. The van der Waals surface area contributed by atoms with Gasteiger partial charge < -0.3 is 15.2 Å². The number of nitrogens with one attached hydrogen (secondary N) is 1. The van der Waals surface area contributed by atoms with Gasteiger partial charge in [0.25, 0.3) is 5.91 Å². The molecule has 1 amide bonds. The van der Waals surface area contributed by atoms with E-state index in [0.29, 0.717) is 28.7 Å². The molecule has 1 atom stereocenters. The predicted octanol–water partition coefficient (Wildman–Crippen LogP) is 2.00. The van der Waals surface area contributed by atoms with Crippen molar-refractivity contribution >= 4 is 38.3 Å². The molecular weight excluding hydrogens is 278 g/mol. The van der Waals surface area contributed by atoms with Crippen LogP contribution in [0.5, 0.6) is 5.75 Å². The van der Waals surface area contributed by atoms with Crippen LogP contribution in [0.15, 0.2) is 12.1 Å². The number of anilines is 2. The molecule has 0 spiro atoms. The van der Waals surface area contributed by atoms with Crippen LogP contribution in [0.25, 0.3) is 10.2 Å². The first-order valence-corrected chi connectivity index (χ1v) is 7.15. The highest BCUT2D eigenvalue weighted by atomic mass is 32.1. The summed E-state index contributed by atoms with van der Waals surface area (Å²) in [6, 6.07) is 3.53. The van der Waals surface area contributed by atoms with Crippen molar-refractivity contribution in [3.63, 3.8) is 0 Å². The van der Waals surface area contributed by atoms with Crippen molar-refractivity contribution in [1.29, 1.82) is 0 Å². The number of nitrogens with zero attached hydrogens (tertiary/aromatic N) is 1. The molecule has 1 aliphatic rings. The number of rotatable bonds is 3. The summed E-state index contributed by atoms with van der Waals surface area (Å²) in [6.45, 7) is 0.641. The molecule has 0 radical (unpaired) electrons. The molecule has 1 fully saturated rings. The molecule has 1 saturated heterocycles. The zero-order chi connectivity index (χ0) is 14.1. The normalized spacial score (nSPS) is 18.4. The van der Waals surface area contributed by atoms with Gasteiger partial charge in [0.2, 0.25) is 0 Å². The van der Waals surface area contributed by atoms with E-state index in [2.05, 4.69) is 10.3 Å². The van der Waals surface area contributed by atoms with Gasteiger partial charge in [-0.2, -0.15) is 0 Å². The van der Waals surface area contributed by atoms with Crippen molar-refractivity contribution in [2.45, 2.75) is 18.9 Å². The first-order chi connectivity index (χ1) is 9.67. The van der Waals surface area contributed by atoms with Crippen LogP contribution < -0.4 is 15.8 Å². The molecule has 3 N–H and O–H groups in total. The highest BCUT2D eigenvalue weighted by Gasteiger charge is 2.24. The Morgan fingerprint density at radius 1 is 1.60 bits per heavy atom. The Labute approximate surface area is 119 Å². The number of thiazole rings is 1. The van der Waals surface area contributed by atoms with Crippen LogP contribution in [-0.2, 0) is 9.53 Å². The molecule has 0 bridgehead atoms. The predicted molar refractivity (Wildman–Crippen MR) is 78.2 cm³/mol. The molecule has 1 unspecified atom stereocenters. The van der Waals surface area contributed by atoms with Crippen molar-refractivity contribution in [2.75, 3.05) is 24.8 Å². The number of carbonyl (C=O) groups is 1. The minimum absolute atomic E-state index is 0.145. The molecule has 106 valence electrons. The number of fused-ring (bicyclic) bond motifs is 1. The number of aromatic nitrogens is 1. The standard InChI is InChI=1S/C13H15N3O3S/c1-18-9-5-7(14)6-10-11(9)15-13(20-10)16-12(17)8-3-2-4-19-8/h5-6,8H,2-4,14H2,1H3,(H,15,16,17). The molecule has 1 aliphatic heterocycles. The summed E-state index contributed by atoms with van der Waals surface area (Å²) in [6.07, 6.45) is 1.31. The van der Waals surface area contributed by atoms with E-state index in [1.54, 1.807) is 13.2 Å². The number of ether oxygens (including phenoxy) is 2. The van der Waals surface area contributed by atoms with Gasteiger partial charge >= 0.3 is 0 Å². The molecule has 20 heavy (non-hydrogen) atoms. The topological polar surface area (TPSA) is 86.5 Å². The van der Waals surface area contributed by atoms with Crippen LogP contribution in [0.1, 0.15) is 12.8 Å². The summed E-state index contributed by atoms with van der Waals surface area (Å²) in [5, 5.41) is 3.32. The molecule has 6 nitrogen and oxygen atoms in total. The summed E-state index contributed by atoms with van der Waals surface area (Å²) < 4.78 is 11.5. The fourth-order valence-corrected chi connectivity index (χ4v) is 3.13. The zero-order valence-corrected chi connectivity index (χ0v) is 11.8. The van der Waals surface area contributed by atoms with Gasteiger partial charge in [0, 0.05) is 18.4 Å². The average Bonchev–Trinajstić information content (AvgIpc) is 3.05. The van der Waals surface area contributed by atoms with E-state index in [1.807, 2.05) is 6.07 Å². The number of benzene rings is 1. The molecule has 2 aromatic rings. The number of carbonyl (C=O) groups excluding carboxylic acids is 1. The fourth-order valence-electron chi connectivity index (χ4n) is 2.20. The van der Waals surface area contributed by atoms with E-state index in [9.17, 15) is 4.79 Å². The lowest BCUT2D eigenvalue weighted by Crippen LogP contribution is -2.26. The summed E-state index contributed by atoms with van der Waals surface area (Å²) in [5.74, 6) is 0.461. The number of amides is 1. The van der Waals surface area contributed by atoms with Crippen molar-refractivity contribution in [1.82, 2.24) is 4.98 Å². The third-order valence-electron chi connectivity index (χ3n) is 3.15. The van der Waals surface area contributed by atoms with Crippen LogP contribution in [0, 0.1) is 0 Å². The second-order valence-corrected chi connectivity index (χ2v) is 5.61. The maximum Gasteiger partial charge on any atom is 0.255 e. The molecule has 3 rings (SSSR count). The zero-order valence-electron chi connectivity index (χ0n) is 11.0. The van der Waals surface area contributed by atoms with Crippen LogP contribution in [0.3, 0.4) is 0 Å². The smallest absolute Gasteiger partial charge is 0.255 e. The maximum absolute atomic E-state index is 12.0. The number of hydrogen-bond acceptors (Lipinski definition) is 6. The van der Waals surface area contributed by atoms with Gasteiger partial charge in [-0.05, 0) is 18.9 Å². The maximum atomic E-state index is 12.0. The van der Waals surface area contributed by atoms with Crippen molar-refractivity contribution < 1.29 is 14.3 Å². The molecule has 2 heterocycles. The molecule has 1 aromatic carbocycles. The monoisotopic (exact) mass is 293 g/mol. The van der Waals surface area contributed by atoms with E-state index >= 15 is 0 Å². The van der Waals surface area contributed by atoms with Crippen LogP contribution >= 0.6 is 11.3 Å². The first kappa shape index (κ1) is 13.1. The van der Waals surface area contributed by atoms with Gasteiger partial charge in [-0.1, -0.05) is 11.3 Å². The van der Waals surface area contributed by atoms with Crippen LogP contribution in [0.2, 0.25) is 0 Å². The third-order valence-corrected chi connectivity index (χ3v) is 4.07. The van der Waals surface area contributed by atoms with E-state index in [4.69, 9.17) is 15.2 Å². The van der Waals surface area contributed by atoms with Gasteiger partial charge in [-0.3, -0.25) is 10.1 Å². The highest BCUT2D eigenvalue weighted by Crippen LogP contribution is 2.34. The molecular formula is C13H15N3O3S. The summed E-state index contributed by atoms with van der Waals surface area (Å²) in [7, 11) is 1.57. The molecule has 0 saturated carbocycles. The number of hydrogen-bond donors (Lipinski definition) is 2. The summed E-state index contributed by atoms with van der Waals surface area (Å²) in [4.78, 5) is 16.4. The minimum Gasteiger partial charge on any atom is -0.494 e. The Bertz CT molecular complexity index is 650. The number of nitrogens with two attached hydrogens (primary N) is 1. The van der Waals surface area contributed by atoms with Gasteiger partial charge in [-0.15, -0.1) is 0 Å². The van der Waals surface area contributed by atoms with Crippen molar-refractivity contribution in [3.05, 3.63) is 12.1 Å². The average molecular weight is 293 g/mol. The van der Waals surface area contributed by atoms with Gasteiger partial charge in [0.05, 0.1) is 11.8 Å². The molecule has 1 aromatic heterocycles. The molecule has 0 aliphatic carbocycles. The second-order valence-electron chi connectivity index (χ2n) is 4.58. The Hall–Kier alpha value is -1.86. The largest absolute Gasteiger partial charge is 0.494 e. The third kappa shape index (κ3) is 2.41. The lowest BCUT2D eigenvalue weighted by atomic mass is 10.2. The quantitative estimate of drug-likeness (QED) is 0.845. The Balaban J connectivity index is 1.87. The Morgan fingerprint density at radius 3 is 3.15 bits per heavy atom. The summed E-state index contributed by atoms with van der Waals surface area (Å²) in [5.41, 5.74) is 7.11. The molecule has 7 heteroatoms. The fraction of sp³-hybridized carbons (Fsp3) is 0.385. The van der Waals surface area contributed by atoms with E-state index in [-0.39, 0.29) is 12.0 Å². The van der Waals surface area contributed by atoms with E-state index < -0.39 is 0 Å². The summed E-state index contributed by atoms with van der Waals surface area (Å²) >= 11 is 1.37. The Kier molecular flexibility index (Phi) is 3.45. The van der Waals surface area contributed by atoms with Crippen LogP contribution in [-0.4, -0.2) is 30.7 Å². The lowest BCUT2D eigenvalue weighted by Gasteiger charge is -2.07. The minimum atomic E-state index is -0.367. The van der Waals surface area contributed by atoms with Crippen molar-refractivity contribution in [3.8, 4) is 5.75 Å². The van der Waals surface area contributed by atoms with Gasteiger partial charge in [-0.25, -0.2) is 4.98 Å². The SMILES string of the molecule is COc1cc(N)cc2sc(NC(=O)C3CCCO3)nc12. The Morgan fingerprint density at radius 2 is 2.45 bits per heavy atom. The van der Waals surface area contributed by atoms with Crippen molar-refractivity contribution in [2.24, 2.45) is 0 Å². The van der Waals surface area contributed by atoms with Gasteiger partial charge in [0.15, 0.2) is 5.13 Å². The van der Waals surface area contributed by atoms with E-state index in [1.165, 1.54) is 11.3 Å². The first-order valence-electron chi connectivity index (χ1n) is 6.34. The van der Waals surface area contributed by atoms with Crippen LogP contribution in [0.4, 0.5) is 10.8 Å². The van der Waals surface area contributed by atoms with Gasteiger partial charge in [0.1, 0.15) is 17.4 Å². The number of nitrogen functional groups attached to an aromatic ring is 1. The second kappa shape index (κ2) is 5.26. The lowest BCUT2D eigenvalue weighted by molar-refractivity contribution is -0.124. The number of methoxy groups -OCH3 is 1.